The Morgan fingerprint density at radius 2 is 1.83 bits per heavy atom. The second-order valence-corrected chi connectivity index (χ2v) is 7.38. The Hall–Kier alpha value is 0.167. The molecule has 0 aliphatic carbocycles. The van der Waals surface area contributed by atoms with Crippen molar-refractivity contribution in [1.29, 1.82) is 0 Å². The van der Waals surface area contributed by atoms with Crippen molar-refractivity contribution in [3.8, 4) is 0 Å². The molecule has 38 valence electrons. The van der Waals surface area contributed by atoms with Gasteiger partial charge in [-0.25, -0.2) is 8.42 Å². The molecular weight excluding hydrogens is 116 g/mol. The molecule has 0 heterocycles. The molecule has 6 heavy (non-hydrogen) atoms. The lowest BCUT2D eigenvalue weighted by molar-refractivity contribution is 0.610. The van der Waals surface area contributed by atoms with Gasteiger partial charge in [0.15, 0.2) is 0 Å². The zero-order valence-corrected chi connectivity index (χ0v) is 6.75. The first-order chi connectivity index (χ1) is 2.56. The fraction of sp³-hybridized carbons (Fsp3) is 1.00. The maximum absolute atomic E-state index is 10.1. The van der Waals surface area contributed by atoms with E-state index >= 15 is 0 Å². The minimum absolute atomic E-state index is 0.301. The van der Waals surface area contributed by atoms with Gasteiger partial charge in [-0.15, -0.1) is 0 Å². The molecular formula is C2H8O2SSi. The third-order valence-electron chi connectivity index (χ3n) is 0.524. The normalized spacial score (nSPS) is 12.2. The first kappa shape index (κ1) is 6.17. The van der Waals surface area contributed by atoms with Crippen LogP contribution in [0.5, 0.6) is 0 Å². The van der Waals surface area contributed by atoms with Crippen molar-refractivity contribution >= 4 is 18.7 Å². The standard InChI is InChI=1S/C2H8O2SSi/c1-2-5(3,4)6/h2H2,1,6H3. The lowest BCUT2D eigenvalue weighted by Crippen LogP contribution is -1.99. The van der Waals surface area contributed by atoms with Gasteiger partial charge in [0.2, 0.25) is 0 Å². The zero-order chi connectivity index (χ0) is 5.21. The molecule has 0 rings (SSSR count). The van der Waals surface area contributed by atoms with Crippen LogP contribution in [-0.2, 0) is 9.29 Å². The molecule has 2 nitrogen and oxygen atoms in total. The van der Waals surface area contributed by atoms with Crippen molar-refractivity contribution in [3.05, 3.63) is 0 Å². The molecule has 0 spiro atoms. The minimum atomic E-state index is -2.52. The summed E-state index contributed by atoms with van der Waals surface area (Å²) in [6, 6.07) is 0. The van der Waals surface area contributed by atoms with E-state index < -0.39 is 9.29 Å². The van der Waals surface area contributed by atoms with E-state index in [4.69, 9.17) is 0 Å². The zero-order valence-electron chi connectivity index (χ0n) is 3.93. The van der Waals surface area contributed by atoms with E-state index in [-0.39, 0.29) is 0 Å². The van der Waals surface area contributed by atoms with Crippen molar-refractivity contribution in [2.24, 2.45) is 0 Å². The summed E-state index contributed by atoms with van der Waals surface area (Å²) in [4.78, 5) is 0. The molecule has 0 radical (unpaired) electrons. The van der Waals surface area contributed by atoms with Gasteiger partial charge in [0.1, 0.15) is 18.7 Å². The van der Waals surface area contributed by atoms with Crippen molar-refractivity contribution in [2.45, 2.75) is 6.92 Å². The monoisotopic (exact) mass is 124 g/mol. The molecule has 0 saturated heterocycles. The summed E-state index contributed by atoms with van der Waals surface area (Å²) < 4.78 is 20.1. The minimum Gasteiger partial charge on any atom is -0.237 e. The Kier molecular flexibility index (Phi) is 1.80. The summed E-state index contributed by atoms with van der Waals surface area (Å²) in [5.74, 6) is 0.305. The molecule has 0 aromatic rings. The van der Waals surface area contributed by atoms with E-state index in [0.29, 0.717) is 15.1 Å². The molecule has 0 aliphatic rings. The van der Waals surface area contributed by atoms with Crippen LogP contribution in [0.4, 0.5) is 0 Å². The highest BCUT2D eigenvalue weighted by molar-refractivity contribution is 8.12. The molecule has 0 amide bonds. The summed E-state index contributed by atoms with van der Waals surface area (Å²) >= 11 is 0. The maximum Gasteiger partial charge on any atom is 0.148 e. The largest absolute Gasteiger partial charge is 0.237 e. The Bertz CT molecular complexity index is 114. The quantitative estimate of drug-likeness (QED) is 0.407. The average molecular weight is 124 g/mol. The topological polar surface area (TPSA) is 34.1 Å². The Morgan fingerprint density at radius 1 is 1.67 bits per heavy atom. The van der Waals surface area contributed by atoms with Crippen LogP contribution in [0.2, 0.25) is 0 Å². The lowest BCUT2D eigenvalue weighted by Gasteiger charge is -1.81. The second kappa shape index (κ2) is 1.75. The smallest absolute Gasteiger partial charge is 0.148 e. The van der Waals surface area contributed by atoms with Crippen LogP contribution in [0.15, 0.2) is 0 Å². The lowest BCUT2D eigenvalue weighted by atomic mass is 11.0. The summed E-state index contributed by atoms with van der Waals surface area (Å²) in [6.45, 7) is 1.66. The van der Waals surface area contributed by atoms with Crippen LogP contribution in [0.3, 0.4) is 0 Å². The number of hydrogen-bond donors (Lipinski definition) is 0. The molecule has 0 bridgehead atoms. The van der Waals surface area contributed by atoms with E-state index in [1.54, 1.807) is 6.92 Å². The Balaban J connectivity index is 3.85. The van der Waals surface area contributed by atoms with Crippen LogP contribution in [-0.4, -0.2) is 23.6 Å². The van der Waals surface area contributed by atoms with Crippen LogP contribution in [0.25, 0.3) is 0 Å². The Morgan fingerprint density at radius 3 is 1.83 bits per heavy atom. The predicted octanol–water partition coefficient (Wildman–Crippen LogP) is -1.30. The van der Waals surface area contributed by atoms with E-state index in [2.05, 4.69) is 0 Å². The number of rotatable bonds is 1. The molecule has 0 unspecified atom stereocenters. The van der Waals surface area contributed by atoms with E-state index in [9.17, 15) is 8.42 Å². The first-order valence-corrected chi connectivity index (χ1v) is 6.25. The molecule has 0 atom stereocenters. The van der Waals surface area contributed by atoms with Gasteiger partial charge in [-0.2, -0.15) is 0 Å². The summed E-state index contributed by atoms with van der Waals surface area (Å²) in [5, 5.41) is 0. The highest BCUT2D eigenvalue weighted by atomic mass is 32.4. The highest BCUT2D eigenvalue weighted by Gasteiger charge is 1.90. The summed E-state index contributed by atoms with van der Waals surface area (Å²) in [7, 11) is -2.22. The third kappa shape index (κ3) is 4.17. The van der Waals surface area contributed by atoms with Gasteiger partial charge in [0.05, 0.1) is 0 Å². The van der Waals surface area contributed by atoms with Gasteiger partial charge < -0.3 is 0 Å². The Labute approximate surface area is 40.5 Å². The van der Waals surface area contributed by atoms with Gasteiger partial charge in [-0.3, -0.25) is 0 Å². The summed E-state index contributed by atoms with van der Waals surface area (Å²) in [6.07, 6.45) is 0. The molecule has 0 N–H and O–H groups in total. The average Bonchev–Trinajstić information content (AvgIpc) is 1.35. The highest BCUT2D eigenvalue weighted by Crippen LogP contribution is 1.73. The maximum atomic E-state index is 10.1. The van der Waals surface area contributed by atoms with E-state index in [0.717, 1.165) is 0 Å². The molecule has 4 heteroatoms. The van der Waals surface area contributed by atoms with Gasteiger partial charge in [0, 0.05) is 5.75 Å². The van der Waals surface area contributed by atoms with Crippen molar-refractivity contribution < 1.29 is 8.42 Å². The van der Waals surface area contributed by atoms with Gasteiger partial charge in [0.25, 0.3) is 0 Å². The van der Waals surface area contributed by atoms with Crippen LogP contribution in [0.1, 0.15) is 6.92 Å². The first-order valence-electron chi connectivity index (χ1n) is 1.74. The van der Waals surface area contributed by atoms with Gasteiger partial charge in [-0.05, 0) is 0 Å². The fourth-order valence-electron chi connectivity index (χ4n) is 0. The van der Waals surface area contributed by atoms with Crippen molar-refractivity contribution in [2.75, 3.05) is 5.75 Å². The van der Waals surface area contributed by atoms with Gasteiger partial charge >= 0.3 is 0 Å². The summed E-state index contributed by atoms with van der Waals surface area (Å²) in [5.41, 5.74) is 0. The van der Waals surface area contributed by atoms with Crippen molar-refractivity contribution in [3.63, 3.8) is 0 Å². The molecule has 0 aromatic carbocycles. The van der Waals surface area contributed by atoms with E-state index in [1.807, 2.05) is 0 Å². The molecule has 0 fully saturated rings. The molecule has 0 saturated carbocycles. The van der Waals surface area contributed by atoms with Crippen LogP contribution >= 0.6 is 0 Å². The SMILES string of the molecule is CCS(=O)(=O)[SiH3]. The predicted molar refractivity (Wildman–Crippen MR) is 29.4 cm³/mol. The van der Waals surface area contributed by atoms with Crippen LogP contribution < -0.4 is 0 Å². The van der Waals surface area contributed by atoms with Crippen LogP contribution in [0, 0.1) is 0 Å². The number of hydrogen-bond acceptors (Lipinski definition) is 2. The second-order valence-electron chi connectivity index (χ2n) is 1.21. The fourth-order valence-corrected chi connectivity index (χ4v) is 0. The molecule has 0 aliphatic heterocycles. The molecule has 0 aromatic heterocycles. The van der Waals surface area contributed by atoms with E-state index in [1.165, 1.54) is 0 Å². The third-order valence-corrected chi connectivity index (χ3v) is 3.31. The van der Waals surface area contributed by atoms with Gasteiger partial charge in [-0.1, -0.05) is 6.92 Å². The van der Waals surface area contributed by atoms with Crippen molar-refractivity contribution in [1.82, 2.24) is 0 Å².